The lowest BCUT2D eigenvalue weighted by Crippen LogP contribution is -2.59. The summed E-state index contributed by atoms with van der Waals surface area (Å²) in [7, 11) is 0. The van der Waals surface area contributed by atoms with E-state index in [1.807, 2.05) is 0 Å². The second kappa shape index (κ2) is 10.7. The van der Waals surface area contributed by atoms with Crippen molar-refractivity contribution in [2.24, 2.45) is 23.2 Å². The van der Waals surface area contributed by atoms with Gasteiger partial charge in [0.25, 0.3) is 0 Å². The van der Waals surface area contributed by atoms with Crippen LogP contribution >= 0.6 is 0 Å². The molecule has 3 amide bonds. The van der Waals surface area contributed by atoms with Crippen LogP contribution in [0.5, 0.6) is 0 Å². The van der Waals surface area contributed by atoms with Crippen LogP contribution in [0.3, 0.4) is 0 Å². The molecule has 2 saturated heterocycles. The highest BCUT2D eigenvalue weighted by atomic mass is 19.4. The maximum atomic E-state index is 13.6. The van der Waals surface area contributed by atoms with Gasteiger partial charge >= 0.3 is 6.18 Å². The summed E-state index contributed by atoms with van der Waals surface area (Å²) in [6.07, 6.45) is -0.357. The third kappa shape index (κ3) is 6.66. The van der Waals surface area contributed by atoms with Gasteiger partial charge in [0.2, 0.25) is 17.7 Å². The molecule has 0 bridgehead atoms. The van der Waals surface area contributed by atoms with E-state index in [0.29, 0.717) is 19.5 Å². The number of fused-ring (bicyclic) bond motifs is 1. The van der Waals surface area contributed by atoms with E-state index in [1.54, 1.807) is 20.8 Å². The van der Waals surface area contributed by atoms with Crippen LogP contribution in [0, 0.1) is 34.5 Å². The average molecular weight is 500 g/mol. The number of piperidine rings is 1. The number of nitriles is 1. The molecule has 11 heteroatoms. The first-order valence-corrected chi connectivity index (χ1v) is 12.4. The molecule has 35 heavy (non-hydrogen) atoms. The Hall–Kier alpha value is -2.35. The Morgan fingerprint density at radius 3 is 2.51 bits per heavy atom. The summed E-state index contributed by atoms with van der Waals surface area (Å²) < 4.78 is 38.8. The number of hydrogen-bond donors (Lipinski definition) is 3. The molecule has 1 aliphatic carbocycles. The van der Waals surface area contributed by atoms with Crippen LogP contribution in [0.1, 0.15) is 59.3 Å². The fourth-order valence-electron chi connectivity index (χ4n) is 5.76. The number of carbonyl (C=O) groups excluding carboxylic acids is 3. The molecule has 8 nitrogen and oxygen atoms in total. The highest BCUT2D eigenvalue weighted by molar-refractivity contribution is 5.91. The van der Waals surface area contributed by atoms with Crippen molar-refractivity contribution in [2.75, 3.05) is 19.6 Å². The Kier molecular flexibility index (Phi) is 8.35. The van der Waals surface area contributed by atoms with Crippen LogP contribution < -0.4 is 16.0 Å². The number of alkyl halides is 3. The fourth-order valence-corrected chi connectivity index (χ4v) is 5.76. The Morgan fingerprint density at radius 1 is 1.20 bits per heavy atom. The average Bonchev–Trinajstić information content (AvgIpc) is 3.34. The van der Waals surface area contributed by atoms with Gasteiger partial charge in [-0.2, -0.15) is 18.4 Å². The van der Waals surface area contributed by atoms with Crippen molar-refractivity contribution in [3.05, 3.63) is 0 Å². The predicted octanol–water partition coefficient (Wildman–Crippen LogP) is 2.10. The third-order valence-corrected chi connectivity index (χ3v) is 7.45. The van der Waals surface area contributed by atoms with Gasteiger partial charge in [0.15, 0.2) is 0 Å². The summed E-state index contributed by atoms with van der Waals surface area (Å²) in [5.74, 6) is -1.51. The molecule has 0 aromatic carbocycles. The smallest absolute Gasteiger partial charge is 0.356 e. The van der Waals surface area contributed by atoms with E-state index in [9.17, 15) is 32.8 Å². The number of rotatable bonds is 7. The molecule has 3 fully saturated rings. The molecule has 6 unspecified atom stereocenters. The summed E-state index contributed by atoms with van der Waals surface area (Å²) in [4.78, 5) is 40.5. The molecule has 2 heterocycles. The van der Waals surface area contributed by atoms with E-state index in [2.05, 4.69) is 22.0 Å². The van der Waals surface area contributed by atoms with Gasteiger partial charge in [0, 0.05) is 19.0 Å². The second-order valence-electron chi connectivity index (χ2n) is 11.1. The molecule has 0 aromatic heterocycles. The molecule has 2 aliphatic heterocycles. The predicted molar refractivity (Wildman–Crippen MR) is 122 cm³/mol. The van der Waals surface area contributed by atoms with Crippen molar-refractivity contribution in [3.63, 3.8) is 0 Å². The van der Waals surface area contributed by atoms with Crippen LogP contribution in [-0.2, 0) is 14.4 Å². The largest absolute Gasteiger partial charge is 0.401 e. The van der Waals surface area contributed by atoms with E-state index < -0.39 is 48.1 Å². The van der Waals surface area contributed by atoms with Crippen LogP contribution in [0.4, 0.5) is 13.2 Å². The normalized spacial score (nSPS) is 28.6. The lowest BCUT2D eigenvalue weighted by Gasteiger charge is -2.37. The number of hydrogen-bond acceptors (Lipinski definition) is 5. The minimum atomic E-state index is -4.48. The highest BCUT2D eigenvalue weighted by Gasteiger charge is 2.52. The molecule has 196 valence electrons. The summed E-state index contributed by atoms with van der Waals surface area (Å²) in [5, 5.41) is 17.5. The number of likely N-dealkylation sites (tertiary alicyclic amines) is 1. The van der Waals surface area contributed by atoms with Crippen molar-refractivity contribution < 1.29 is 27.6 Å². The van der Waals surface area contributed by atoms with Gasteiger partial charge in [0.1, 0.15) is 12.1 Å². The van der Waals surface area contributed by atoms with Crippen LogP contribution in [-0.4, -0.2) is 66.6 Å². The maximum absolute atomic E-state index is 13.6. The minimum Gasteiger partial charge on any atom is -0.356 e. The molecule has 1 saturated carbocycles. The lowest BCUT2D eigenvalue weighted by atomic mass is 9.85. The van der Waals surface area contributed by atoms with Gasteiger partial charge in [-0.1, -0.05) is 27.2 Å². The van der Waals surface area contributed by atoms with Gasteiger partial charge in [-0.3, -0.25) is 19.7 Å². The summed E-state index contributed by atoms with van der Waals surface area (Å²) in [6.45, 7) is 4.66. The third-order valence-electron chi connectivity index (χ3n) is 7.45. The molecule has 0 spiro atoms. The minimum absolute atomic E-state index is 0.0977. The van der Waals surface area contributed by atoms with Gasteiger partial charge in [-0.05, 0) is 49.4 Å². The van der Waals surface area contributed by atoms with Crippen molar-refractivity contribution in [1.82, 2.24) is 20.9 Å². The number of nitrogens with one attached hydrogen (secondary N) is 3. The van der Waals surface area contributed by atoms with Gasteiger partial charge < -0.3 is 15.5 Å². The van der Waals surface area contributed by atoms with Crippen LogP contribution in [0.2, 0.25) is 0 Å². The Bertz CT molecular complexity index is 851. The van der Waals surface area contributed by atoms with E-state index >= 15 is 0 Å². The van der Waals surface area contributed by atoms with E-state index in [4.69, 9.17) is 0 Å². The van der Waals surface area contributed by atoms with Gasteiger partial charge in [-0.15, -0.1) is 0 Å². The molecule has 0 radical (unpaired) electrons. The molecular weight excluding hydrogens is 463 g/mol. The first-order valence-electron chi connectivity index (χ1n) is 12.4. The first-order chi connectivity index (χ1) is 16.3. The fraction of sp³-hybridized carbons (Fsp3) is 0.833. The number of carbonyl (C=O) groups is 3. The van der Waals surface area contributed by atoms with Gasteiger partial charge in [-0.25, -0.2) is 0 Å². The lowest BCUT2D eigenvalue weighted by molar-refractivity contribution is -0.147. The second-order valence-corrected chi connectivity index (χ2v) is 11.1. The van der Waals surface area contributed by atoms with E-state index in [-0.39, 0.29) is 30.1 Å². The van der Waals surface area contributed by atoms with E-state index in [0.717, 1.165) is 25.7 Å². The molecule has 6 atom stereocenters. The summed E-state index contributed by atoms with van der Waals surface area (Å²) in [6, 6.07) is -0.806. The number of nitrogens with zero attached hydrogens (tertiary/aromatic N) is 2. The monoisotopic (exact) mass is 499 g/mol. The number of halogens is 3. The zero-order valence-corrected chi connectivity index (χ0v) is 20.6. The zero-order valence-electron chi connectivity index (χ0n) is 20.6. The topological polar surface area (TPSA) is 114 Å². The molecule has 0 aromatic rings. The molecule has 3 aliphatic rings. The van der Waals surface area contributed by atoms with Crippen LogP contribution in [0.25, 0.3) is 0 Å². The van der Waals surface area contributed by atoms with Crippen molar-refractivity contribution in [1.29, 1.82) is 5.26 Å². The molecular formula is C24H36F3N5O3. The SMILES string of the molecule is CC(C)(C)C(NCC(F)(F)F)C(=O)N1CC2CCCC2C1C(=O)NC(C#N)CC1CCCNC1=O. The summed E-state index contributed by atoms with van der Waals surface area (Å²) in [5.41, 5.74) is -0.815. The van der Waals surface area contributed by atoms with E-state index in [1.165, 1.54) is 4.90 Å². The standard InChI is InChI=1S/C24H36F3N5O3/c1-23(2,3)19(30-13-24(25,26)27)22(35)32-12-15-6-4-8-17(15)18(32)21(34)31-16(11-28)10-14-7-5-9-29-20(14)33/h14-19,30H,4-10,12-13H2,1-3H3,(H,29,33)(H,31,34). The molecule has 3 rings (SSSR count). The Labute approximate surface area is 204 Å². The maximum Gasteiger partial charge on any atom is 0.401 e. The molecule has 3 N–H and O–H groups in total. The first kappa shape index (κ1) is 27.2. The quantitative estimate of drug-likeness (QED) is 0.497. The van der Waals surface area contributed by atoms with Gasteiger partial charge in [0.05, 0.1) is 18.7 Å². The number of amides is 3. The Morgan fingerprint density at radius 2 is 1.91 bits per heavy atom. The van der Waals surface area contributed by atoms with Crippen molar-refractivity contribution in [2.45, 2.75) is 83.6 Å². The van der Waals surface area contributed by atoms with Crippen molar-refractivity contribution in [3.8, 4) is 6.07 Å². The Balaban J connectivity index is 1.77. The van der Waals surface area contributed by atoms with Crippen LogP contribution in [0.15, 0.2) is 0 Å². The highest BCUT2D eigenvalue weighted by Crippen LogP contribution is 2.43. The summed E-state index contributed by atoms with van der Waals surface area (Å²) >= 11 is 0. The van der Waals surface area contributed by atoms with Crippen molar-refractivity contribution >= 4 is 17.7 Å². The zero-order chi connectivity index (χ0) is 26.0.